The molecule has 1 aromatic rings. The predicted octanol–water partition coefficient (Wildman–Crippen LogP) is 0.268. The van der Waals surface area contributed by atoms with Crippen molar-refractivity contribution in [2.24, 2.45) is 5.73 Å². The van der Waals surface area contributed by atoms with Gasteiger partial charge in [-0.05, 0) is 37.6 Å². The second-order valence-electron chi connectivity index (χ2n) is 3.81. The van der Waals surface area contributed by atoms with Crippen LogP contribution in [0.5, 0.6) is 0 Å². The SMILES string of the molecule is Cc1cc(S(=O)C(C)C(=O)NC(N)=O)ccc1N. The van der Waals surface area contributed by atoms with E-state index < -0.39 is 28.0 Å². The topological polar surface area (TPSA) is 115 Å². The molecule has 0 saturated carbocycles. The summed E-state index contributed by atoms with van der Waals surface area (Å²) in [6.07, 6.45) is 0. The number of nitrogens with one attached hydrogen (secondary N) is 1. The number of carbonyl (C=O) groups excluding carboxylic acids is 2. The summed E-state index contributed by atoms with van der Waals surface area (Å²) in [5, 5.41) is 1.03. The van der Waals surface area contributed by atoms with Gasteiger partial charge in [0.05, 0.1) is 10.8 Å². The van der Waals surface area contributed by atoms with Crippen molar-refractivity contribution < 1.29 is 13.8 Å². The van der Waals surface area contributed by atoms with E-state index in [0.29, 0.717) is 10.6 Å². The number of aryl methyl sites for hydroxylation is 1. The summed E-state index contributed by atoms with van der Waals surface area (Å²) in [7, 11) is -1.57. The van der Waals surface area contributed by atoms with Crippen LogP contribution in [-0.2, 0) is 15.6 Å². The molecule has 0 saturated heterocycles. The van der Waals surface area contributed by atoms with Crippen LogP contribution in [0.25, 0.3) is 0 Å². The van der Waals surface area contributed by atoms with E-state index in [1.54, 1.807) is 25.1 Å². The van der Waals surface area contributed by atoms with Crippen LogP contribution < -0.4 is 16.8 Å². The number of urea groups is 1. The monoisotopic (exact) mass is 269 g/mol. The number of amides is 3. The summed E-state index contributed by atoms with van der Waals surface area (Å²) in [4.78, 5) is 22.5. The quantitative estimate of drug-likeness (QED) is 0.683. The molecular formula is C11H15N3O3S. The van der Waals surface area contributed by atoms with Gasteiger partial charge in [-0.25, -0.2) is 4.79 Å². The van der Waals surface area contributed by atoms with Crippen molar-refractivity contribution in [1.82, 2.24) is 5.32 Å². The molecular weight excluding hydrogens is 254 g/mol. The first-order valence-electron chi connectivity index (χ1n) is 5.20. The highest BCUT2D eigenvalue weighted by Gasteiger charge is 2.22. The molecule has 0 radical (unpaired) electrons. The lowest BCUT2D eigenvalue weighted by atomic mass is 10.2. The molecule has 5 N–H and O–H groups in total. The summed E-state index contributed by atoms with van der Waals surface area (Å²) in [5.74, 6) is -0.671. The van der Waals surface area contributed by atoms with Crippen LogP contribution in [0.2, 0.25) is 0 Å². The van der Waals surface area contributed by atoms with E-state index in [1.165, 1.54) is 6.92 Å². The van der Waals surface area contributed by atoms with Gasteiger partial charge in [-0.2, -0.15) is 0 Å². The number of benzene rings is 1. The zero-order chi connectivity index (χ0) is 13.9. The largest absolute Gasteiger partial charge is 0.399 e. The first-order valence-corrected chi connectivity index (χ1v) is 6.41. The summed E-state index contributed by atoms with van der Waals surface area (Å²) >= 11 is 0. The number of anilines is 1. The fourth-order valence-corrected chi connectivity index (χ4v) is 2.45. The Morgan fingerprint density at radius 1 is 1.39 bits per heavy atom. The summed E-state index contributed by atoms with van der Waals surface area (Å²) in [6.45, 7) is 3.24. The highest BCUT2D eigenvalue weighted by atomic mass is 32.2. The number of imide groups is 1. The van der Waals surface area contributed by atoms with Crippen LogP contribution in [0.3, 0.4) is 0 Å². The van der Waals surface area contributed by atoms with Crippen LogP contribution >= 0.6 is 0 Å². The Labute approximate surface area is 107 Å². The number of hydrogen-bond acceptors (Lipinski definition) is 4. The molecule has 0 aliphatic rings. The Morgan fingerprint density at radius 2 is 2.00 bits per heavy atom. The zero-order valence-electron chi connectivity index (χ0n) is 10.1. The predicted molar refractivity (Wildman–Crippen MR) is 69.2 cm³/mol. The van der Waals surface area contributed by atoms with Gasteiger partial charge in [0.1, 0.15) is 5.25 Å². The molecule has 18 heavy (non-hydrogen) atoms. The summed E-state index contributed by atoms with van der Waals surface area (Å²) in [6, 6.07) is 3.91. The van der Waals surface area contributed by atoms with Gasteiger partial charge in [0, 0.05) is 10.6 Å². The van der Waals surface area contributed by atoms with Crippen molar-refractivity contribution in [3.05, 3.63) is 23.8 Å². The minimum atomic E-state index is -1.57. The highest BCUT2D eigenvalue weighted by molar-refractivity contribution is 7.86. The first kappa shape index (κ1) is 14.2. The maximum atomic E-state index is 12.1. The average molecular weight is 269 g/mol. The van der Waals surface area contributed by atoms with E-state index in [2.05, 4.69) is 0 Å². The number of hydrogen-bond donors (Lipinski definition) is 3. The van der Waals surface area contributed by atoms with Gasteiger partial charge >= 0.3 is 6.03 Å². The van der Waals surface area contributed by atoms with Gasteiger partial charge in [-0.15, -0.1) is 0 Å². The van der Waals surface area contributed by atoms with Crippen LogP contribution in [0.4, 0.5) is 10.5 Å². The van der Waals surface area contributed by atoms with Gasteiger partial charge in [0.25, 0.3) is 0 Å². The van der Waals surface area contributed by atoms with Crippen molar-refractivity contribution in [2.75, 3.05) is 5.73 Å². The fraction of sp³-hybridized carbons (Fsp3) is 0.273. The van der Waals surface area contributed by atoms with Gasteiger partial charge in [0.2, 0.25) is 5.91 Å². The Kier molecular flexibility index (Phi) is 4.43. The fourth-order valence-electron chi connectivity index (χ4n) is 1.30. The molecule has 0 aromatic heterocycles. The van der Waals surface area contributed by atoms with E-state index in [-0.39, 0.29) is 0 Å². The van der Waals surface area contributed by atoms with Gasteiger partial charge < -0.3 is 11.5 Å². The number of rotatable bonds is 3. The van der Waals surface area contributed by atoms with Gasteiger partial charge in [0.15, 0.2) is 0 Å². The Hall–Kier alpha value is -1.89. The molecule has 3 amide bonds. The maximum absolute atomic E-state index is 12.1. The third-order valence-electron chi connectivity index (χ3n) is 2.41. The van der Waals surface area contributed by atoms with Crippen LogP contribution in [-0.4, -0.2) is 21.4 Å². The average Bonchev–Trinajstić information content (AvgIpc) is 2.30. The molecule has 7 heteroatoms. The Balaban J connectivity index is 2.89. The molecule has 0 fully saturated rings. The molecule has 0 aliphatic carbocycles. The molecule has 98 valence electrons. The smallest absolute Gasteiger partial charge is 0.318 e. The van der Waals surface area contributed by atoms with E-state index in [0.717, 1.165) is 5.56 Å². The van der Waals surface area contributed by atoms with Crippen LogP contribution in [0.1, 0.15) is 12.5 Å². The number of nitrogen functional groups attached to an aromatic ring is 1. The van der Waals surface area contributed by atoms with Crippen LogP contribution in [0, 0.1) is 6.92 Å². The van der Waals surface area contributed by atoms with E-state index in [9.17, 15) is 13.8 Å². The van der Waals surface area contributed by atoms with Crippen molar-refractivity contribution in [1.29, 1.82) is 0 Å². The maximum Gasteiger partial charge on any atom is 0.318 e. The summed E-state index contributed by atoms with van der Waals surface area (Å²) in [5.41, 5.74) is 11.8. The molecule has 0 spiro atoms. The minimum absolute atomic E-state index is 0.480. The molecule has 6 nitrogen and oxygen atoms in total. The standard InChI is InChI=1S/C11H15N3O3S/c1-6-5-8(3-4-9(6)12)18(17)7(2)10(15)14-11(13)16/h3-5,7H,12H2,1-2H3,(H3,13,14,15,16). The van der Waals surface area contributed by atoms with Crippen LogP contribution in [0.15, 0.2) is 23.1 Å². The lowest BCUT2D eigenvalue weighted by Gasteiger charge is -2.11. The minimum Gasteiger partial charge on any atom is -0.399 e. The molecule has 2 unspecified atom stereocenters. The normalized spacial score (nSPS) is 13.7. The molecule has 0 bridgehead atoms. The number of primary amides is 1. The Morgan fingerprint density at radius 3 is 2.50 bits per heavy atom. The third kappa shape index (κ3) is 3.30. The Bertz CT molecular complexity index is 516. The number of nitrogens with two attached hydrogens (primary N) is 2. The molecule has 1 rings (SSSR count). The highest BCUT2D eigenvalue weighted by Crippen LogP contribution is 2.18. The second-order valence-corrected chi connectivity index (χ2v) is 5.58. The third-order valence-corrected chi connectivity index (χ3v) is 3.99. The summed E-state index contributed by atoms with van der Waals surface area (Å²) < 4.78 is 12.1. The zero-order valence-corrected chi connectivity index (χ0v) is 10.9. The molecule has 0 aliphatic heterocycles. The van der Waals surface area contributed by atoms with Gasteiger partial charge in [-0.1, -0.05) is 0 Å². The molecule has 1 aromatic carbocycles. The molecule has 0 heterocycles. The molecule has 2 atom stereocenters. The van der Waals surface area contributed by atoms with Crippen molar-refractivity contribution in [3.8, 4) is 0 Å². The lowest BCUT2D eigenvalue weighted by molar-refractivity contribution is -0.119. The van der Waals surface area contributed by atoms with Crippen molar-refractivity contribution in [3.63, 3.8) is 0 Å². The lowest BCUT2D eigenvalue weighted by Crippen LogP contribution is -2.42. The first-order chi connectivity index (χ1) is 8.32. The second kappa shape index (κ2) is 5.63. The van der Waals surface area contributed by atoms with E-state index in [1.807, 2.05) is 5.32 Å². The van der Waals surface area contributed by atoms with E-state index in [4.69, 9.17) is 11.5 Å². The van der Waals surface area contributed by atoms with Crippen molar-refractivity contribution >= 4 is 28.4 Å². The van der Waals surface area contributed by atoms with E-state index >= 15 is 0 Å². The number of carbonyl (C=O) groups is 2. The van der Waals surface area contributed by atoms with Crippen molar-refractivity contribution in [2.45, 2.75) is 24.0 Å². The van der Waals surface area contributed by atoms with Gasteiger partial charge in [-0.3, -0.25) is 14.3 Å².